The monoisotopic (exact) mass is 387 g/mol. The first-order chi connectivity index (χ1) is 12.0. The molecule has 1 N–H and O–H groups in total. The van der Waals surface area contributed by atoms with Crippen LogP contribution in [0.3, 0.4) is 0 Å². The lowest BCUT2D eigenvalue weighted by molar-refractivity contribution is 0.113. The highest BCUT2D eigenvalue weighted by atomic mass is 32.2. The van der Waals surface area contributed by atoms with Crippen LogP contribution in [-0.4, -0.2) is 68.2 Å². The molecule has 0 unspecified atom stereocenters. The van der Waals surface area contributed by atoms with E-state index in [1.165, 1.54) is 22.5 Å². The standard InChI is InChI=1S/C16H22FN3O3S2/c17-14-5-1-2-6-15(14)25(21,22)20-9-7-19(8-10-20)16(24)18-12-13-4-3-11-23-13/h1-2,5-6,13H,3-4,7-12H2,(H,18,24)/t13-/m0/s1. The zero-order valence-corrected chi connectivity index (χ0v) is 15.5. The van der Waals surface area contributed by atoms with Gasteiger partial charge in [-0.3, -0.25) is 0 Å². The molecule has 2 heterocycles. The second kappa shape index (κ2) is 7.94. The molecule has 0 saturated carbocycles. The lowest BCUT2D eigenvalue weighted by Gasteiger charge is -2.35. The van der Waals surface area contributed by atoms with Crippen LogP contribution in [0, 0.1) is 5.82 Å². The normalized spacial score (nSPS) is 22.1. The number of piperazine rings is 1. The average Bonchev–Trinajstić information content (AvgIpc) is 3.13. The Morgan fingerprint density at radius 2 is 2.00 bits per heavy atom. The molecule has 0 aliphatic carbocycles. The highest BCUT2D eigenvalue weighted by Gasteiger charge is 2.31. The van der Waals surface area contributed by atoms with Gasteiger partial charge in [0.1, 0.15) is 10.7 Å². The Hall–Kier alpha value is -1.29. The van der Waals surface area contributed by atoms with Gasteiger partial charge in [0.15, 0.2) is 5.11 Å². The van der Waals surface area contributed by atoms with E-state index in [0.29, 0.717) is 24.7 Å². The van der Waals surface area contributed by atoms with E-state index in [1.807, 2.05) is 4.90 Å². The zero-order valence-electron chi connectivity index (χ0n) is 13.9. The molecule has 0 spiro atoms. The minimum Gasteiger partial charge on any atom is -0.376 e. The average molecular weight is 388 g/mol. The van der Waals surface area contributed by atoms with Crippen molar-refractivity contribution >= 4 is 27.4 Å². The first-order valence-electron chi connectivity index (χ1n) is 8.37. The van der Waals surface area contributed by atoms with Crippen molar-refractivity contribution in [3.05, 3.63) is 30.1 Å². The second-order valence-electron chi connectivity index (χ2n) is 6.14. The Morgan fingerprint density at radius 1 is 1.28 bits per heavy atom. The molecule has 1 atom stereocenters. The van der Waals surface area contributed by atoms with E-state index in [1.54, 1.807) is 0 Å². The van der Waals surface area contributed by atoms with Crippen molar-refractivity contribution in [3.8, 4) is 0 Å². The Balaban J connectivity index is 1.54. The molecule has 25 heavy (non-hydrogen) atoms. The maximum atomic E-state index is 13.8. The lowest BCUT2D eigenvalue weighted by Crippen LogP contribution is -2.53. The molecule has 0 radical (unpaired) electrons. The second-order valence-corrected chi connectivity index (χ2v) is 8.44. The van der Waals surface area contributed by atoms with E-state index in [2.05, 4.69) is 5.32 Å². The van der Waals surface area contributed by atoms with E-state index in [0.717, 1.165) is 25.5 Å². The zero-order chi connectivity index (χ0) is 17.9. The van der Waals surface area contributed by atoms with Crippen LogP contribution in [0.25, 0.3) is 0 Å². The molecule has 138 valence electrons. The van der Waals surface area contributed by atoms with Gasteiger partial charge in [0.25, 0.3) is 0 Å². The number of thiocarbonyl (C=S) groups is 1. The summed E-state index contributed by atoms with van der Waals surface area (Å²) >= 11 is 5.39. The van der Waals surface area contributed by atoms with Crippen molar-refractivity contribution in [2.24, 2.45) is 0 Å². The van der Waals surface area contributed by atoms with Crippen molar-refractivity contribution in [2.75, 3.05) is 39.3 Å². The quantitative estimate of drug-likeness (QED) is 0.783. The van der Waals surface area contributed by atoms with Crippen molar-refractivity contribution < 1.29 is 17.5 Å². The Morgan fingerprint density at radius 3 is 2.64 bits per heavy atom. The van der Waals surface area contributed by atoms with Gasteiger partial charge in [-0.1, -0.05) is 12.1 Å². The van der Waals surface area contributed by atoms with Crippen LogP contribution in [-0.2, 0) is 14.8 Å². The molecular formula is C16H22FN3O3S2. The molecule has 0 aromatic heterocycles. The number of halogens is 1. The molecule has 1 aromatic carbocycles. The summed E-state index contributed by atoms with van der Waals surface area (Å²) in [6, 6.07) is 5.46. The summed E-state index contributed by atoms with van der Waals surface area (Å²) in [5.41, 5.74) is 0. The lowest BCUT2D eigenvalue weighted by atomic mass is 10.2. The summed E-state index contributed by atoms with van der Waals surface area (Å²) in [5, 5.41) is 3.80. The van der Waals surface area contributed by atoms with Crippen LogP contribution in [0.2, 0.25) is 0 Å². The summed E-state index contributed by atoms with van der Waals surface area (Å²) in [7, 11) is -3.82. The number of nitrogens with one attached hydrogen (secondary N) is 1. The van der Waals surface area contributed by atoms with E-state index in [9.17, 15) is 12.8 Å². The highest BCUT2D eigenvalue weighted by Crippen LogP contribution is 2.20. The molecule has 9 heteroatoms. The number of hydrogen-bond donors (Lipinski definition) is 1. The fourth-order valence-electron chi connectivity index (χ4n) is 3.04. The first kappa shape index (κ1) is 18.5. The minimum absolute atomic E-state index is 0.195. The maximum absolute atomic E-state index is 13.8. The SMILES string of the molecule is O=S(=O)(c1ccccc1F)N1CCN(C(=S)NC[C@@H]2CCCO2)CC1. The maximum Gasteiger partial charge on any atom is 0.246 e. The molecule has 0 bridgehead atoms. The van der Waals surface area contributed by atoms with E-state index in [4.69, 9.17) is 17.0 Å². The summed E-state index contributed by atoms with van der Waals surface area (Å²) in [6.07, 6.45) is 2.30. The van der Waals surface area contributed by atoms with Gasteiger partial charge in [0, 0.05) is 39.3 Å². The van der Waals surface area contributed by atoms with E-state index in [-0.39, 0.29) is 24.1 Å². The van der Waals surface area contributed by atoms with Crippen molar-refractivity contribution in [2.45, 2.75) is 23.8 Å². The van der Waals surface area contributed by atoms with Crippen LogP contribution in [0.1, 0.15) is 12.8 Å². The molecule has 2 aliphatic heterocycles. The molecule has 2 saturated heterocycles. The summed E-state index contributed by atoms with van der Waals surface area (Å²) < 4.78 is 45.9. The fourth-order valence-corrected chi connectivity index (χ4v) is 4.80. The number of sulfonamides is 1. The van der Waals surface area contributed by atoms with Gasteiger partial charge >= 0.3 is 0 Å². The van der Waals surface area contributed by atoms with Crippen LogP contribution >= 0.6 is 12.2 Å². The van der Waals surface area contributed by atoms with Crippen LogP contribution in [0.5, 0.6) is 0 Å². The fraction of sp³-hybridized carbons (Fsp3) is 0.562. The van der Waals surface area contributed by atoms with Gasteiger partial charge in [0.2, 0.25) is 10.0 Å². The van der Waals surface area contributed by atoms with Crippen LogP contribution < -0.4 is 5.32 Å². The van der Waals surface area contributed by atoms with Crippen LogP contribution in [0.4, 0.5) is 4.39 Å². The van der Waals surface area contributed by atoms with Crippen molar-refractivity contribution in [1.29, 1.82) is 0 Å². The molecule has 1 aromatic rings. The Labute approximate surface area is 153 Å². The molecule has 2 aliphatic rings. The number of hydrogen-bond acceptors (Lipinski definition) is 4. The van der Waals surface area contributed by atoms with Gasteiger partial charge in [-0.25, -0.2) is 12.8 Å². The molecular weight excluding hydrogens is 365 g/mol. The molecule has 2 fully saturated rings. The first-order valence-corrected chi connectivity index (χ1v) is 10.2. The summed E-state index contributed by atoms with van der Waals surface area (Å²) in [5.74, 6) is -0.723. The highest BCUT2D eigenvalue weighted by molar-refractivity contribution is 7.89. The number of benzene rings is 1. The van der Waals surface area contributed by atoms with Gasteiger partial charge in [-0.15, -0.1) is 0 Å². The topological polar surface area (TPSA) is 61.9 Å². The number of rotatable bonds is 4. The molecule has 0 amide bonds. The predicted octanol–water partition coefficient (Wildman–Crippen LogP) is 1.19. The predicted molar refractivity (Wildman–Crippen MR) is 96.3 cm³/mol. The molecule has 3 rings (SSSR count). The van der Waals surface area contributed by atoms with Gasteiger partial charge in [0.05, 0.1) is 6.10 Å². The molecule has 6 nitrogen and oxygen atoms in total. The van der Waals surface area contributed by atoms with Crippen LogP contribution in [0.15, 0.2) is 29.2 Å². The van der Waals surface area contributed by atoms with E-state index < -0.39 is 15.8 Å². The Bertz CT molecular complexity index is 715. The number of nitrogens with zero attached hydrogens (tertiary/aromatic N) is 2. The van der Waals surface area contributed by atoms with Gasteiger partial charge < -0.3 is 15.0 Å². The van der Waals surface area contributed by atoms with Gasteiger partial charge in [-0.2, -0.15) is 4.31 Å². The largest absolute Gasteiger partial charge is 0.376 e. The smallest absolute Gasteiger partial charge is 0.246 e. The van der Waals surface area contributed by atoms with Gasteiger partial charge in [-0.05, 0) is 37.2 Å². The Kier molecular flexibility index (Phi) is 5.88. The summed E-state index contributed by atoms with van der Waals surface area (Å²) in [4.78, 5) is 1.67. The third-order valence-electron chi connectivity index (χ3n) is 4.49. The minimum atomic E-state index is -3.82. The summed E-state index contributed by atoms with van der Waals surface area (Å²) in [6.45, 7) is 2.98. The third kappa shape index (κ3) is 4.28. The van der Waals surface area contributed by atoms with Crippen molar-refractivity contribution in [1.82, 2.24) is 14.5 Å². The van der Waals surface area contributed by atoms with E-state index >= 15 is 0 Å². The third-order valence-corrected chi connectivity index (χ3v) is 6.82. The van der Waals surface area contributed by atoms with Crippen molar-refractivity contribution in [3.63, 3.8) is 0 Å². The number of ether oxygens (including phenoxy) is 1.